The maximum Gasteiger partial charge on any atom is 0.264 e. The van der Waals surface area contributed by atoms with E-state index in [1.165, 1.54) is 0 Å². The van der Waals surface area contributed by atoms with E-state index in [1.807, 2.05) is 7.05 Å². The predicted octanol–water partition coefficient (Wildman–Crippen LogP) is 2.53. The monoisotopic (exact) mass is 342 g/mol. The first-order valence-electron chi connectivity index (χ1n) is 6.95. The van der Waals surface area contributed by atoms with Gasteiger partial charge in [0.05, 0.1) is 11.1 Å². The molecule has 118 valence electrons. The molecule has 6 nitrogen and oxygen atoms in total. The quantitative estimate of drug-likeness (QED) is 0.921. The Balaban J connectivity index is 1.64. The predicted molar refractivity (Wildman–Crippen MR) is 83.3 cm³/mol. The fourth-order valence-electron chi connectivity index (χ4n) is 2.29. The van der Waals surface area contributed by atoms with Gasteiger partial charge in [-0.25, -0.2) is 0 Å². The van der Waals surface area contributed by atoms with Gasteiger partial charge in [0, 0.05) is 24.7 Å². The number of rotatable bonds is 4. The largest absolute Gasteiger partial charge is 0.482 e. The highest BCUT2D eigenvalue weighted by molar-refractivity contribution is 6.35. The smallest absolute Gasteiger partial charge is 0.264 e. The molecule has 0 saturated carbocycles. The van der Waals surface area contributed by atoms with Crippen LogP contribution in [0.1, 0.15) is 17.8 Å². The maximum atomic E-state index is 6.05. The molecule has 0 aliphatic carbocycles. The molecule has 22 heavy (non-hydrogen) atoms. The van der Waals surface area contributed by atoms with E-state index in [4.69, 9.17) is 32.5 Å². The first-order chi connectivity index (χ1) is 10.6. The zero-order chi connectivity index (χ0) is 15.5. The van der Waals surface area contributed by atoms with E-state index in [9.17, 15) is 0 Å². The zero-order valence-electron chi connectivity index (χ0n) is 12.1. The first-order valence-corrected chi connectivity index (χ1v) is 7.70. The summed E-state index contributed by atoms with van der Waals surface area (Å²) in [5.74, 6) is 1.61. The second-order valence-electron chi connectivity index (χ2n) is 5.11. The van der Waals surface area contributed by atoms with Crippen molar-refractivity contribution in [3.05, 3.63) is 40.0 Å². The van der Waals surface area contributed by atoms with Gasteiger partial charge in [-0.15, -0.1) is 0 Å². The highest BCUT2D eigenvalue weighted by Gasteiger charge is 2.25. The van der Waals surface area contributed by atoms with Crippen LogP contribution in [0.4, 0.5) is 0 Å². The van der Waals surface area contributed by atoms with E-state index in [2.05, 4.69) is 20.4 Å². The molecule has 1 aromatic carbocycles. The molecule has 1 N–H and O–H groups in total. The molecule has 1 aromatic heterocycles. The van der Waals surface area contributed by atoms with Gasteiger partial charge in [-0.3, -0.25) is 4.90 Å². The Morgan fingerprint density at radius 3 is 3.09 bits per heavy atom. The lowest BCUT2D eigenvalue weighted by molar-refractivity contribution is 0.189. The standard InChI is InChI=1S/C14H16Cl2N4O2/c1-20-5-4-17-7-11(20)14-18-13(22-19-14)8-21-12-3-2-9(15)6-10(12)16/h2-3,6,11,17H,4-5,7-8H2,1H3. The number of hydrogen-bond donors (Lipinski definition) is 1. The highest BCUT2D eigenvalue weighted by Crippen LogP contribution is 2.28. The number of piperazine rings is 1. The number of likely N-dealkylation sites (N-methyl/N-ethyl adjacent to an activating group) is 1. The fraction of sp³-hybridized carbons (Fsp3) is 0.429. The van der Waals surface area contributed by atoms with Gasteiger partial charge in [-0.1, -0.05) is 28.4 Å². The van der Waals surface area contributed by atoms with Crippen molar-refractivity contribution < 1.29 is 9.26 Å². The Labute approximate surface area is 138 Å². The van der Waals surface area contributed by atoms with Crippen molar-refractivity contribution in [1.82, 2.24) is 20.4 Å². The van der Waals surface area contributed by atoms with Crippen molar-refractivity contribution in [1.29, 1.82) is 0 Å². The van der Waals surface area contributed by atoms with Gasteiger partial charge in [0.15, 0.2) is 12.4 Å². The Hall–Kier alpha value is -1.34. The average Bonchev–Trinajstić information content (AvgIpc) is 2.95. The van der Waals surface area contributed by atoms with Gasteiger partial charge in [0.25, 0.3) is 5.89 Å². The summed E-state index contributed by atoms with van der Waals surface area (Å²) in [6, 6.07) is 5.16. The minimum Gasteiger partial charge on any atom is -0.482 e. The summed E-state index contributed by atoms with van der Waals surface area (Å²) in [7, 11) is 2.05. The molecule has 1 aliphatic heterocycles. The van der Waals surface area contributed by atoms with Crippen molar-refractivity contribution in [2.24, 2.45) is 0 Å². The van der Waals surface area contributed by atoms with Gasteiger partial charge in [-0.05, 0) is 25.2 Å². The van der Waals surface area contributed by atoms with Crippen LogP contribution in [-0.4, -0.2) is 41.7 Å². The maximum absolute atomic E-state index is 6.05. The highest BCUT2D eigenvalue weighted by atomic mass is 35.5. The van der Waals surface area contributed by atoms with Gasteiger partial charge in [0.2, 0.25) is 0 Å². The summed E-state index contributed by atoms with van der Waals surface area (Å²) in [5, 5.41) is 8.36. The molecule has 8 heteroatoms. The Morgan fingerprint density at radius 1 is 1.45 bits per heavy atom. The second-order valence-corrected chi connectivity index (χ2v) is 5.95. The number of nitrogens with zero attached hydrogens (tertiary/aromatic N) is 3. The van der Waals surface area contributed by atoms with Crippen molar-refractivity contribution in [2.45, 2.75) is 12.6 Å². The van der Waals surface area contributed by atoms with Crippen LogP contribution in [0.3, 0.4) is 0 Å². The molecular formula is C14H16Cl2N4O2. The molecule has 0 spiro atoms. The summed E-state index contributed by atoms with van der Waals surface area (Å²) in [6.45, 7) is 2.89. The Morgan fingerprint density at radius 2 is 2.32 bits per heavy atom. The Bertz CT molecular complexity index is 650. The first kappa shape index (κ1) is 15.6. The number of halogens is 2. The van der Waals surface area contributed by atoms with Crippen LogP contribution in [0, 0.1) is 0 Å². The summed E-state index contributed by atoms with van der Waals surface area (Å²) in [5.41, 5.74) is 0. The molecule has 1 atom stereocenters. The van der Waals surface area contributed by atoms with Crippen LogP contribution in [0.5, 0.6) is 5.75 Å². The minimum absolute atomic E-state index is 0.116. The lowest BCUT2D eigenvalue weighted by Crippen LogP contribution is -2.44. The third-order valence-corrected chi connectivity index (χ3v) is 4.07. The molecule has 1 fully saturated rings. The lowest BCUT2D eigenvalue weighted by Gasteiger charge is -2.30. The summed E-state index contributed by atoms with van der Waals surface area (Å²) in [6.07, 6.45) is 0. The SMILES string of the molecule is CN1CCNCC1c1noc(COc2ccc(Cl)cc2Cl)n1. The molecule has 0 amide bonds. The van der Waals surface area contributed by atoms with Gasteiger partial charge >= 0.3 is 0 Å². The number of aromatic nitrogens is 2. The normalized spacial score (nSPS) is 19.3. The van der Waals surface area contributed by atoms with Crippen LogP contribution in [0.15, 0.2) is 22.7 Å². The van der Waals surface area contributed by atoms with E-state index in [0.29, 0.717) is 27.5 Å². The van der Waals surface area contributed by atoms with Gasteiger partial charge < -0.3 is 14.6 Å². The van der Waals surface area contributed by atoms with Crippen LogP contribution in [-0.2, 0) is 6.61 Å². The molecule has 2 aromatic rings. The van der Waals surface area contributed by atoms with E-state index in [1.54, 1.807) is 18.2 Å². The average molecular weight is 343 g/mol. The van der Waals surface area contributed by atoms with E-state index in [-0.39, 0.29) is 12.6 Å². The number of nitrogens with one attached hydrogen (secondary N) is 1. The third-order valence-electron chi connectivity index (χ3n) is 3.54. The number of hydrogen-bond acceptors (Lipinski definition) is 6. The molecule has 0 radical (unpaired) electrons. The summed E-state index contributed by atoms with van der Waals surface area (Å²) >= 11 is 11.9. The van der Waals surface area contributed by atoms with Crippen molar-refractivity contribution >= 4 is 23.2 Å². The van der Waals surface area contributed by atoms with Crippen molar-refractivity contribution in [2.75, 3.05) is 26.7 Å². The number of ether oxygens (including phenoxy) is 1. The molecule has 1 saturated heterocycles. The van der Waals surface area contributed by atoms with Gasteiger partial charge in [-0.2, -0.15) is 4.98 Å². The molecule has 2 heterocycles. The van der Waals surface area contributed by atoms with E-state index < -0.39 is 0 Å². The summed E-state index contributed by atoms with van der Waals surface area (Å²) in [4.78, 5) is 6.59. The third kappa shape index (κ3) is 3.52. The Kier molecular flexibility index (Phi) is 4.83. The lowest BCUT2D eigenvalue weighted by atomic mass is 10.2. The topological polar surface area (TPSA) is 63.4 Å². The summed E-state index contributed by atoms with van der Waals surface area (Å²) < 4.78 is 10.8. The molecule has 0 bridgehead atoms. The van der Waals surface area contributed by atoms with Crippen molar-refractivity contribution in [3.8, 4) is 5.75 Å². The molecule has 1 aliphatic rings. The molecular weight excluding hydrogens is 327 g/mol. The van der Waals surface area contributed by atoms with E-state index in [0.717, 1.165) is 19.6 Å². The number of benzene rings is 1. The fourth-order valence-corrected chi connectivity index (χ4v) is 2.75. The second kappa shape index (κ2) is 6.83. The van der Waals surface area contributed by atoms with Crippen LogP contribution in [0.2, 0.25) is 10.0 Å². The van der Waals surface area contributed by atoms with Crippen molar-refractivity contribution in [3.63, 3.8) is 0 Å². The molecule has 1 unspecified atom stereocenters. The zero-order valence-corrected chi connectivity index (χ0v) is 13.6. The molecule has 3 rings (SSSR count). The van der Waals surface area contributed by atoms with E-state index >= 15 is 0 Å². The van der Waals surface area contributed by atoms with Crippen LogP contribution in [0.25, 0.3) is 0 Å². The van der Waals surface area contributed by atoms with Crippen LogP contribution < -0.4 is 10.1 Å². The van der Waals surface area contributed by atoms with Crippen LogP contribution >= 0.6 is 23.2 Å². The van der Waals surface area contributed by atoms with Gasteiger partial charge in [0.1, 0.15) is 5.75 Å². The minimum atomic E-state index is 0.116.